The van der Waals surface area contributed by atoms with Crippen LogP contribution in [0.25, 0.3) is 21.7 Å². The number of nitrogens with zero attached hydrogens (tertiary/aromatic N) is 2. The summed E-state index contributed by atoms with van der Waals surface area (Å²) in [5.74, 6) is 0.916. The van der Waals surface area contributed by atoms with Gasteiger partial charge >= 0.3 is 0 Å². The number of hydrogen-bond donors (Lipinski definition) is 1. The van der Waals surface area contributed by atoms with E-state index in [1.807, 2.05) is 24.3 Å². The van der Waals surface area contributed by atoms with Crippen molar-refractivity contribution in [3.05, 3.63) is 59.0 Å². The summed E-state index contributed by atoms with van der Waals surface area (Å²) in [6, 6.07) is 12.2. The fourth-order valence-electron chi connectivity index (χ4n) is 3.50. The molecule has 168 valence electrons. The van der Waals surface area contributed by atoms with Gasteiger partial charge in [-0.1, -0.05) is 11.6 Å². The fourth-order valence-corrected chi connectivity index (χ4v) is 3.78. The van der Waals surface area contributed by atoms with Crippen molar-refractivity contribution in [1.82, 2.24) is 4.98 Å². The largest absolute Gasteiger partial charge is 0.494 e. The van der Waals surface area contributed by atoms with E-state index in [0.29, 0.717) is 51.8 Å². The molecule has 0 fully saturated rings. The lowest BCUT2D eigenvalue weighted by Crippen LogP contribution is -2.01. The summed E-state index contributed by atoms with van der Waals surface area (Å²) in [5.41, 5.74) is 1.82. The van der Waals surface area contributed by atoms with Gasteiger partial charge in [0.2, 0.25) is 0 Å². The maximum atomic E-state index is 14.0. The number of nitriles is 1. The summed E-state index contributed by atoms with van der Waals surface area (Å²) in [6.07, 6.45) is 1.47. The predicted molar refractivity (Wildman–Crippen MR) is 128 cm³/mol. The number of hydrogen-bond acceptors (Lipinski definition) is 6. The van der Waals surface area contributed by atoms with E-state index >= 15 is 0 Å². The Labute approximate surface area is 199 Å². The van der Waals surface area contributed by atoms with Crippen molar-refractivity contribution in [2.24, 2.45) is 0 Å². The molecule has 4 rings (SSSR count). The van der Waals surface area contributed by atoms with Gasteiger partial charge in [0.1, 0.15) is 12.7 Å². The minimum atomic E-state index is -0.585. The molecule has 0 unspecified atom stereocenters. The highest BCUT2D eigenvalue weighted by atomic mass is 35.5. The Bertz CT molecular complexity index is 1410. The van der Waals surface area contributed by atoms with Gasteiger partial charge in [0.15, 0.2) is 23.1 Å². The Kier molecular flexibility index (Phi) is 6.59. The summed E-state index contributed by atoms with van der Waals surface area (Å²) < 4.78 is 30.2. The van der Waals surface area contributed by atoms with Crippen LogP contribution < -0.4 is 19.5 Å². The Hall–Kier alpha value is -3.47. The van der Waals surface area contributed by atoms with Crippen LogP contribution in [0.3, 0.4) is 0 Å². The molecule has 1 heterocycles. The lowest BCUT2D eigenvalue weighted by Gasteiger charge is -2.16. The molecule has 4 aromatic rings. The van der Waals surface area contributed by atoms with Crippen molar-refractivity contribution in [3.8, 4) is 23.3 Å². The van der Waals surface area contributed by atoms with Crippen molar-refractivity contribution < 1.29 is 18.6 Å². The molecule has 33 heavy (non-hydrogen) atoms. The van der Waals surface area contributed by atoms with Gasteiger partial charge in [-0.15, -0.1) is 11.6 Å². The van der Waals surface area contributed by atoms with E-state index in [9.17, 15) is 9.65 Å². The second-order valence-corrected chi connectivity index (χ2v) is 7.79. The lowest BCUT2D eigenvalue weighted by atomic mass is 10.0. The molecule has 0 radical (unpaired) electrons. The van der Waals surface area contributed by atoms with E-state index in [2.05, 4.69) is 16.4 Å². The Balaban J connectivity index is 1.90. The highest BCUT2D eigenvalue weighted by Crippen LogP contribution is 2.39. The maximum Gasteiger partial charge on any atom is 0.166 e. The number of anilines is 2. The summed E-state index contributed by atoms with van der Waals surface area (Å²) in [7, 11) is 2.92. The van der Waals surface area contributed by atoms with Crippen LogP contribution in [-0.4, -0.2) is 31.7 Å². The number of pyridine rings is 1. The topological polar surface area (TPSA) is 76.4 Å². The summed E-state index contributed by atoms with van der Waals surface area (Å²) in [6.45, 7) is 0.344. The van der Waals surface area contributed by atoms with E-state index in [0.717, 1.165) is 16.8 Å². The van der Waals surface area contributed by atoms with Gasteiger partial charge in [-0.25, -0.2) is 4.39 Å². The van der Waals surface area contributed by atoms with Crippen LogP contribution in [0.2, 0.25) is 5.02 Å². The first-order valence-corrected chi connectivity index (χ1v) is 10.7. The van der Waals surface area contributed by atoms with Crippen LogP contribution in [0, 0.1) is 17.1 Å². The van der Waals surface area contributed by atoms with Crippen LogP contribution >= 0.6 is 23.2 Å². The fraction of sp³-hybridized carbons (Fsp3) is 0.167. The highest BCUT2D eigenvalue weighted by molar-refractivity contribution is 6.33. The molecule has 0 atom stereocenters. The van der Waals surface area contributed by atoms with Gasteiger partial charge in [-0.3, -0.25) is 4.98 Å². The average Bonchev–Trinajstić information content (AvgIpc) is 2.82. The lowest BCUT2D eigenvalue weighted by molar-refractivity contribution is 0.313. The van der Waals surface area contributed by atoms with Crippen LogP contribution in [0.15, 0.2) is 42.6 Å². The van der Waals surface area contributed by atoms with Crippen molar-refractivity contribution in [2.45, 2.75) is 0 Å². The molecule has 6 nitrogen and oxygen atoms in total. The molecule has 0 aliphatic carbocycles. The second kappa shape index (κ2) is 9.57. The van der Waals surface area contributed by atoms with Crippen LogP contribution in [-0.2, 0) is 0 Å². The summed E-state index contributed by atoms with van der Waals surface area (Å²) >= 11 is 12.0. The average molecular weight is 486 g/mol. The third kappa shape index (κ3) is 4.40. The molecule has 1 N–H and O–H groups in total. The SMILES string of the molecule is COc1cc(Nc2c(C#N)cnc3cc4cc(OCCCl)c(OC)cc4cc23)c(Cl)cc1F. The van der Waals surface area contributed by atoms with Crippen molar-refractivity contribution >= 4 is 56.3 Å². The minimum absolute atomic E-state index is 0.0263. The van der Waals surface area contributed by atoms with Crippen molar-refractivity contribution in [3.63, 3.8) is 0 Å². The Morgan fingerprint density at radius 2 is 1.76 bits per heavy atom. The first kappa shape index (κ1) is 22.7. The summed E-state index contributed by atoms with van der Waals surface area (Å²) in [4.78, 5) is 4.44. The third-order valence-electron chi connectivity index (χ3n) is 5.07. The number of rotatable bonds is 7. The maximum absolute atomic E-state index is 14.0. The molecule has 0 aliphatic heterocycles. The summed E-state index contributed by atoms with van der Waals surface area (Å²) in [5, 5.41) is 15.4. The van der Waals surface area contributed by atoms with Gasteiger partial charge in [0.25, 0.3) is 0 Å². The molecular formula is C24H18Cl2FN3O3. The number of alkyl halides is 1. The van der Waals surface area contributed by atoms with Gasteiger partial charge < -0.3 is 19.5 Å². The van der Waals surface area contributed by atoms with Gasteiger partial charge in [0.05, 0.1) is 47.6 Å². The molecule has 1 aromatic heterocycles. The molecular weight excluding hydrogens is 468 g/mol. The van der Waals surface area contributed by atoms with E-state index in [1.54, 1.807) is 7.11 Å². The van der Waals surface area contributed by atoms with E-state index in [-0.39, 0.29) is 10.8 Å². The van der Waals surface area contributed by atoms with Crippen LogP contribution in [0.5, 0.6) is 17.2 Å². The number of methoxy groups -OCH3 is 2. The minimum Gasteiger partial charge on any atom is -0.494 e. The molecule has 0 amide bonds. The third-order valence-corrected chi connectivity index (χ3v) is 5.53. The number of benzene rings is 3. The molecule has 0 aliphatic rings. The molecule has 0 bridgehead atoms. The van der Waals surface area contributed by atoms with E-state index in [1.165, 1.54) is 19.4 Å². The van der Waals surface area contributed by atoms with Crippen molar-refractivity contribution in [1.29, 1.82) is 5.26 Å². The van der Waals surface area contributed by atoms with Crippen LogP contribution in [0.4, 0.5) is 15.8 Å². The zero-order chi connectivity index (χ0) is 23.5. The highest BCUT2D eigenvalue weighted by Gasteiger charge is 2.16. The molecule has 3 aromatic carbocycles. The number of fused-ring (bicyclic) bond motifs is 2. The number of nitrogens with one attached hydrogen (secondary N) is 1. The van der Waals surface area contributed by atoms with Gasteiger partial charge in [-0.2, -0.15) is 5.26 Å². The second-order valence-electron chi connectivity index (χ2n) is 7.01. The standard InChI is InChI=1S/C24H18Cl2FN3O3/c1-31-21-10-20(17(26)9-18(21)27)30-24-15(11-28)12-29-19-6-14-8-23(33-4-3-25)22(32-2)7-13(14)5-16(19)24/h5-10,12H,3-4H2,1-2H3,(H,29,30). The zero-order valence-electron chi connectivity index (χ0n) is 17.7. The Morgan fingerprint density at radius 1 is 1.03 bits per heavy atom. The Morgan fingerprint density at radius 3 is 2.45 bits per heavy atom. The molecule has 9 heteroatoms. The zero-order valence-corrected chi connectivity index (χ0v) is 19.2. The monoisotopic (exact) mass is 485 g/mol. The van der Waals surface area contributed by atoms with Crippen molar-refractivity contribution in [2.75, 3.05) is 32.0 Å². The first-order chi connectivity index (χ1) is 16.0. The normalized spacial score (nSPS) is 10.8. The van der Waals surface area contributed by atoms with E-state index in [4.69, 9.17) is 37.4 Å². The molecule has 0 spiro atoms. The number of halogens is 3. The number of ether oxygens (including phenoxy) is 3. The molecule has 0 saturated carbocycles. The molecule has 0 saturated heterocycles. The van der Waals surface area contributed by atoms with Gasteiger partial charge in [0, 0.05) is 17.6 Å². The van der Waals surface area contributed by atoms with Crippen LogP contribution in [0.1, 0.15) is 5.56 Å². The van der Waals surface area contributed by atoms with Gasteiger partial charge in [-0.05, 0) is 41.1 Å². The number of aromatic nitrogens is 1. The van der Waals surface area contributed by atoms with E-state index < -0.39 is 5.82 Å². The predicted octanol–water partition coefficient (Wildman–Crippen LogP) is 6.43. The first-order valence-electron chi connectivity index (χ1n) is 9.82. The quantitative estimate of drug-likeness (QED) is 0.240. The smallest absolute Gasteiger partial charge is 0.166 e.